The number of hydrogen-bond donors (Lipinski definition) is 1. The standard InChI is InChI=1S/C15H22N2O3/c1-3-19-15(18)14(12-7-6-11(2)16-9-12)17-10-13-5-4-8-20-13/h6-7,9,13-14,17H,3-5,8,10H2,1-2H3. The van der Waals surface area contributed by atoms with Crippen molar-refractivity contribution in [1.82, 2.24) is 10.3 Å². The molecule has 5 heteroatoms. The van der Waals surface area contributed by atoms with E-state index in [9.17, 15) is 4.79 Å². The Morgan fingerprint density at radius 3 is 3.05 bits per heavy atom. The minimum absolute atomic E-state index is 0.185. The fraction of sp³-hybridized carbons (Fsp3) is 0.600. The minimum Gasteiger partial charge on any atom is -0.465 e. The molecule has 1 aromatic heterocycles. The molecule has 20 heavy (non-hydrogen) atoms. The molecule has 1 saturated heterocycles. The summed E-state index contributed by atoms with van der Waals surface area (Å²) in [5.41, 5.74) is 1.75. The van der Waals surface area contributed by atoms with Crippen molar-refractivity contribution in [2.45, 2.75) is 38.8 Å². The maximum atomic E-state index is 12.1. The third kappa shape index (κ3) is 4.02. The van der Waals surface area contributed by atoms with Crippen LogP contribution in [0.5, 0.6) is 0 Å². The molecule has 110 valence electrons. The molecule has 1 N–H and O–H groups in total. The summed E-state index contributed by atoms with van der Waals surface area (Å²) in [6.45, 7) is 5.56. The Labute approximate surface area is 119 Å². The van der Waals surface area contributed by atoms with Gasteiger partial charge in [0.1, 0.15) is 6.04 Å². The first-order chi connectivity index (χ1) is 9.70. The lowest BCUT2D eigenvalue weighted by molar-refractivity contribution is -0.146. The number of ether oxygens (including phenoxy) is 2. The van der Waals surface area contributed by atoms with Crippen LogP contribution >= 0.6 is 0 Å². The largest absolute Gasteiger partial charge is 0.465 e. The molecule has 0 bridgehead atoms. The zero-order valence-electron chi connectivity index (χ0n) is 12.1. The van der Waals surface area contributed by atoms with Gasteiger partial charge in [0.15, 0.2) is 0 Å². The summed E-state index contributed by atoms with van der Waals surface area (Å²) in [7, 11) is 0. The van der Waals surface area contributed by atoms with Gasteiger partial charge < -0.3 is 9.47 Å². The molecule has 2 heterocycles. The van der Waals surface area contributed by atoms with Crippen LogP contribution in [0.2, 0.25) is 0 Å². The Kier molecular flexibility index (Phi) is 5.49. The van der Waals surface area contributed by atoms with E-state index in [0.29, 0.717) is 13.2 Å². The Morgan fingerprint density at radius 1 is 1.60 bits per heavy atom. The lowest BCUT2D eigenvalue weighted by atomic mass is 10.1. The van der Waals surface area contributed by atoms with Gasteiger partial charge in [-0.05, 0) is 38.3 Å². The lowest BCUT2D eigenvalue weighted by Gasteiger charge is -2.19. The van der Waals surface area contributed by atoms with Gasteiger partial charge in [0.05, 0.1) is 12.7 Å². The van der Waals surface area contributed by atoms with Crippen LogP contribution in [-0.2, 0) is 14.3 Å². The van der Waals surface area contributed by atoms with Crippen LogP contribution in [0.4, 0.5) is 0 Å². The first-order valence-corrected chi connectivity index (χ1v) is 7.15. The Morgan fingerprint density at radius 2 is 2.45 bits per heavy atom. The van der Waals surface area contributed by atoms with Crippen molar-refractivity contribution in [3.05, 3.63) is 29.6 Å². The van der Waals surface area contributed by atoms with Gasteiger partial charge in [0, 0.05) is 25.0 Å². The van der Waals surface area contributed by atoms with E-state index in [1.807, 2.05) is 26.0 Å². The average Bonchev–Trinajstić information content (AvgIpc) is 2.94. The van der Waals surface area contributed by atoms with E-state index in [4.69, 9.17) is 9.47 Å². The second-order valence-corrected chi connectivity index (χ2v) is 4.96. The van der Waals surface area contributed by atoms with Crippen LogP contribution in [-0.4, -0.2) is 36.8 Å². The van der Waals surface area contributed by atoms with Crippen molar-refractivity contribution in [2.24, 2.45) is 0 Å². The molecule has 0 radical (unpaired) electrons. The smallest absolute Gasteiger partial charge is 0.327 e. The van der Waals surface area contributed by atoms with E-state index in [1.54, 1.807) is 6.20 Å². The molecule has 5 nitrogen and oxygen atoms in total. The first-order valence-electron chi connectivity index (χ1n) is 7.15. The minimum atomic E-state index is -0.479. The van der Waals surface area contributed by atoms with Gasteiger partial charge in [-0.3, -0.25) is 10.3 Å². The van der Waals surface area contributed by atoms with Gasteiger partial charge in [0.2, 0.25) is 0 Å². The van der Waals surface area contributed by atoms with Crippen molar-refractivity contribution in [3.63, 3.8) is 0 Å². The molecule has 0 spiro atoms. The van der Waals surface area contributed by atoms with Crippen molar-refractivity contribution in [3.8, 4) is 0 Å². The topological polar surface area (TPSA) is 60.5 Å². The molecular weight excluding hydrogens is 256 g/mol. The number of pyridine rings is 1. The first kappa shape index (κ1) is 14.9. The van der Waals surface area contributed by atoms with Crippen molar-refractivity contribution >= 4 is 5.97 Å². The fourth-order valence-corrected chi connectivity index (χ4v) is 2.27. The number of esters is 1. The molecule has 0 aliphatic carbocycles. The quantitative estimate of drug-likeness (QED) is 0.804. The van der Waals surface area contributed by atoms with Gasteiger partial charge in [-0.25, -0.2) is 4.79 Å². The zero-order valence-corrected chi connectivity index (χ0v) is 12.1. The molecule has 1 fully saturated rings. The van der Waals surface area contributed by atoms with Crippen LogP contribution in [0.15, 0.2) is 18.3 Å². The van der Waals surface area contributed by atoms with Gasteiger partial charge in [-0.15, -0.1) is 0 Å². The highest BCUT2D eigenvalue weighted by atomic mass is 16.5. The highest BCUT2D eigenvalue weighted by Crippen LogP contribution is 2.17. The summed E-state index contributed by atoms with van der Waals surface area (Å²) in [4.78, 5) is 16.3. The van der Waals surface area contributed by atoms with Crippen LogP contribution in [0.3, 0.4) is 0 Å². The second kappa shape index (κ2) is 7.36. The third-order valence-electron chi connectivity index (χ3n) is 3.36. The van der Waals surface area contributed by atoms with Crippen LogP contribution in [0.25, 0.3) is 0 Å². The molecule has 1 aromatic rings. The fourth-order valence-electron chi connectivity index (χ4n) is 2.27. The van der Waals surface area contributed by atoms with E-state index in [-0.39, 0.29) is 12.1 Å². The highest BCUT2D eigenvalue weighted by molar-refractivity contribution is 5.77. The van der Waals surface area contributed by atoms with Crippen LogP contribution in [0, 0.1) is 6.92 Å². The summed E-state index contributed by atoms with van der Waals surface area (Å²) in [5.74, 6) is -0.267. The monoisotopic (exact) mass is 278 g/mol. The third-order valence-corrected chi connectivity index (χ3v) is 3.36. The van der Waals surface area contributed by atoms with Crippen molar-refractivity contribution < 1.29 is 14.3 Å². The summed E-state index contributed by atoms with van der Waals surface area (Å²) in [6.07, 6.45) is 4.03. The van der Waals surface area contributed by atoms with Gasteiger partial charge in [-0.1, -0.05) is 6.07 Å². The number of nitrogens with one attached hydrogen (secondary N) is 1. The Hall–Kier alpha value is -1.46. The number of hydrogen-bond acceptors (Lipinski definition) is 5. The maximum Gasteiger partial charge on any atom is 0.327 e. The number of nitrogens with zero attached hydrogens (tertiary/aromatic N) is 1. The summed E-state index contributed by atoms with van der Waals surface area (Å²) in [5, 5.41) is 3.24. The molecule has 2 rings (SSSR count). The number of carbonyl (C=O) groups excluding carboxylic acids is 1. The molecule has 0 saturated carbocycles. The molecule has 1 aliphatic heterocycles. The van der Waals surface area contributed by atoms with E-state index in [2.05, 4.69) is 10.3 Å². The summed E-state index contributed by atoms with van der Waals surface area (Å²) in [6, 6.07) is 3.33. The zero-order chi connectivity index (χ0) is 14.4. The molecule has 2 atom stereocenters. The van der Waals surface area contributed by atoms with Crippen LogP contribution in [0.1, 0.15) is 37.1 Å². The predicted octanol–water partition coefficient (Wildman–Crippen LogP) is 1.76. The number of carbonyl (C=O) groups is 1. The predicted molar refractivity (Wildman–Crippen MR) is 75.3 cm³/mol. The molecule has 0 amide bonds. The normalized spacial score (nSPS) is 19.8. The van der Waals surface area contributed by atoms with Gasteiger partial charge in [-0.2, -0.15) is 0 Å². The highest BCUT2D eigenvalue weighted by Gasteiger charge is 2.24. The number of aryl methyl sites for hydroxylation is 1. The molecule has 1 aliphatic rings. The van der Waals surface area contributed by atoms with Crippen molar-refractivity contribution in [2.75, 3.05) is 19.8 Å². The van der Waals surface area contributed by atoms with E-state index in [0.717, 1.165) is 30.7 Å². The number of aromatic nitrogens is 1. The SMILES string of the molecule is CCOC(=O)C(NCC1CCCO1)c1ccc(C)nc1. The van der Waals surface area contributed by atoms with E-state index < -0.39 is 6.04 Å². The Bertz CT molecular complexity index is 427. The van der Waals surface area contributed by atoms with Crippen LogP contribution < -0.4 is 5.32 Å². The van der Waals surface area contributed by atoms with Gasteiger partial charge >= 0.3 is 5.97 Å². The summed E-state index contributed by atoms with van der Waals surface area (Å²) < 4.78 is 10.7. The summed E-state index contributed by atoms with van der Waals surface area (Å²) >= 11 is 0. The molecule has 2 unspecified atom stereocenters. The van der Waals surface area contributed by atoms with E-state index in [1.165, 1.54) is 0 Å². The number of rotatable bonds is 6. The molecule has 0 aromatic carbocycles. The van der Waals surface area contributed by atoms with Crippen molar-refractivity contribution in [1.29, 1.82) is 0 Å². The van der Waals surface area contributed by atoms with E-state index >= 15 is 0 Å². The lowest BCUT2D eigenvalue weighted by Crippen LogP contribution is -2.35. The maximum absolute atomic E-state index is 12.1. The second-order valence-electron chi connectivity index (χ2n) is 4.96. The Balaban J connectivity index is 2.03. The average molecular weight is 278 g/mol. The van der Waals surface area contributed by atoms with Gasteiger partial charge in [0.25, 0.3) is 0 Å². The molecular formula is C15H22N2O3.